The predicted molar refractivity (Wildman–Crippen MR) is 143 cm³/mol. The number of aliphatic hydroxyl groups excluding tert-OH is 1. The predicted octanol–water partition coefficient (Wildman–Crippen LogP) is 2.57. The number of esters is 1. The van der Waals surface area contributed by atoms with Gasteiger partial charge < -0.3 is 30.2 Å². The maximum absolute atomic E-state index is 16.1. The van der Waals surface area contributed by atoms with Crippen LogP contribution in [0.2, 0.25) is 0 Å². The Kier molecular flexibility index (Phi) is 7.44. The van der Waals surface area contributed by atoms with E-state index < -0.39 is 63.5 Å². The minimum Gasteiger partial charge on any atom is -0.462 e. The first-order valence-corrected chi connectivity index (χ1v) is 13.8. The summed E-state index contributed by atoms with van der Waals surface area (Å²) >= 11 is 0. The first kappa shape index (κ1) is 25.6. The summed E-state index contributed by atoms with van der Waals surface area (Å²) in [5, 5.41) is 15.6. The van der Waals surface area contributed by atoms with Gasteiger partial charge in [-0.2, -0.15) is 15.1 Å². The molecule has 16 heteroatoms. The zero-order valence-corrected chi connectivity index (χ0v) is 23.0. The second-order valence-electron chi connectivity index (χ2n) is 9.54. The number of fused-ring (bicyclic) bond motifs is 1. The monoisotopic (exact) mass is 584 g/mol. The Morgan fingerprint density at radius 1 is 1.35 bits per heavy atom. The minimum absolute atomic E-state index is 0.0360. The summed E-state index contributed by atoms with van der Waals surface area (Å²) < 4.78 is 75.5. The van der Waals surface area contributed by atoms with E-state index in [9.17, 15) is 14.5 Å². The van der Waals surface area contributed by atoms with Gasteiger partial charge in [-0.15, -0.1) is 0 Å². The molecule has 4 rings (SSSR count). The molecule has 2 aromatic heterocycles. The van der Waals surface area contributed by atoms with Crippen molar-refractivity contribution >= 4 is 36.6 Å². The van der Waals surface area contributed by atoms with E-state index in [0.29, 0.717) is 0 Å². The molecule has 1 aliphatic rings. The summed E-state index contributed by atoms with van der Waals surface area (Å²) in [6, 6.07) is 6.86. The maximum Gasteiger partial charge on any atom is 0.459 e. The quantitative estimate of drug-likeness (QED) is 0.191. The van der Waals surface area contributed by atoms with Gasteiger partial charge in [0.15, 0.2) is 28.9 Å². The van der Waals surface area contributed by atoms with Crippen molar-refractivity contribution in [2.24, 2.45) is 0 Å². The third kappa shape index (κ3) is 6.18. The summed E-state index contributed by atoms with van der Waals surface area (Å²) in [6.45, 7) is 2.50. The van der Waals surface area contributed by atoms with Crippen molar-refractivity contribution < 1.29 is 41.5 Å². The lowest BCUT2D eigenvalue weighted by molar-refractivity contribution is -0.149. The van der Waals surface area contributed by atoms with E-state index in [2.05, 4.69) is 25.4 Å². The molecular formula is C24H33FN7O7P. The molecule has 14 nitrogen and oxygen atoms in total. The molecule has 0 amide bonds. The van der Waals surface area contributed by atoms with Crippen LogP contribution in [0, 0.1) is 0 Å². The van der Waals surface area contributed by atoms with Crippen molar-refractivity contribution in [2.45, 2.75) is 63.9 Å². The van der Waals surface area contributed by atoms with Gasteiger partial charge in [0.1, 0.15) is 24.0 Å². The topological polar surface area (TPSA) is 185 Å². The number of nitrogen functional groups attached to an aromatic ring is 1. The van der Waals surface area contributed by atoms with Gasteiger partial charge in [0.2, 0.25) is 5.95 Å². The van der Waals surface area contributed by atoms with Crippen molar-refractivity contribution in [3.05, 3.63) is 36.7 Å². The number of nitrogens with zero attached hydrogens (tertiary/aromatic N) is 4. The highest BCUT2D eigenvalue weighted by molar-refractivity contribution is 7.52. The van der Waals surface area contributed by atoms with Crippen molar-refractivity contribution in [3.8, 4) is 5.75 Å². The third-order valence-electron chi connectivity index (χ3n) is 5.96. The average Bonchev–Trinajstić information content (AvgIpc) is 3.40. The fraction of sp³-hybridized carbons (Fsp3) is 0.500. The number of carbonyl (C=O) groups is 1. The number of imidazole rings is 1. The van der Waals surface area contributed by atoms with Crippen LogP contribution in [0.5, 0.6) is 5.75 Å². The number of nitrogens with one attached hydrogen (secondary N) is 2. The number of aliphatic hydroxyl groups is 1. The van der Waals surface area contributed by atoms with Crippen LogP contribution >= 0.6 is 7.75 Å². The zero-order valence-electron chi connectivity index (χ0n) is 25.1. The Bertz CT molecular complexity index is 1500. The summed E-state index contributed by atoms with van der Waals surface area (Å²) in [5.74, 6) is -1.11. The van der Waals surface area contributed by atoms with E-state index in [1.807, 2.05) is 0 Å². The lowest BCUT2D eigenvalue weighted by atomic mass is 9.98. The normalized spacial score (nSPS) is 26.5. The van der Waals surface area contributed by atoms with Crippen LogP contribution in [-0.4, -0.2) is 74.2 Å². The summed E-state index contributed by atoms with van der Waals surface area (Å²) in [4.78, 5) is 24.4. The molecular weight excluding hydrogens is 548 g/mol. The number of nitrogens with two attached hydrogens (primary N) is 1. The molecule has 5 N–H and O–H groups in total. The van der Waals surface area contributed by atoms with Crippen LogP contribution in [0.15, 0.2) is 36.7 Å². The highest BCUT2D eigenvalue weighted by atomic mass is 31.2. The highest BCUT2D eigenvalue weighted by Crippen LogP contribution is 2.48. The van der Waals surface area contributed by atoms with Gasteiger partial charge in [-0.25, -0.2) is 13.9 Å². The van der Waals surface area contributed by atoms with E-state index in [1.165, 1.54) is 19.1 Å². The number of halogens is 1. The Morgan fingerprint density at radius 2 is 2.08 bits per heavy atom. The number of aromatic nitrogens is 4. The molecule has 1 unspecified atom stereocenters. The third-order valence-corrected chi connectivity index (χ3v) is 7.61. The largest absolute Gasteiger partial charge is 0.462 e. The van der Waals surface area contributed by atoms with E-state index >= 15 is 4.39 Å². The lowest BCUT2D eigenvalue weighted by Gasteiger charge is -2.25. The van der Waals surface area contributed by atoms with Gasteiger partial charge in [-0.3, -0.25) is 13.9 Å². The molecule has 0 radical (unpaired) electrons. The summed E-state index contributed by atoms with van der Waals surface area (Å²) in [7, 11) is -4.35. The molecule has 40 heavy (non-hydrogen) atoms. The first-order chi connectivity index (χ1) is 20.0. The van der Waals surface area contributed by atoms with Crippen molar-refractivity contribution in [1.82, 2.24) is 24.6 Å². The number of hydrogen-bond donors (Lipinski definition) is 4. The number of hydrogen-bond acceptors (Lipinski definition) is 12. The zero-order chi connectivity index (χ0) is 31.7. The number of carbonyl (C=O) groups excluding carboxylic acids is 1. The molecule has 218 valence electrons. The van der Waals surface area contributed by atoms with Crippen LogP contribution in [0.1, 0.15) is 38.0 Å². The van der Waals surface area contributed by atoms with Gasteiger partial charge in [-0.05, 0) is 39.8 Å². The molecule has 1 aromatic carbocycles. The fourth-order valence-electron chi connectivity index (χ4n) is 4.05. The van der Waals surface area contributed by atoms with Crippen LogP contribution in [0.3, 0.4) is 0 Å². The molecule has 1 aliphatic heterocycles. The Morgan fingerprint density at radius 3 is 2.75 bits per heavy atom. The molecule has 6 atom stereocenters. The molecule has 1 saturated heterocycles. The summed E-state index contributed by atoms with van der Waals surface area (Å²) in [6.07, 6.45) is -4.08. The SMILES string of the molecule is [2H]C([2H])([2H])Nc1nc(N)nc2c1ncn2[C@@H]1O[C@H](COP(=O)(N[C@@H](C)C(=O)OC(C)C)Oc2ccccc2)[C@@H](O)[C@@]1(C)F. The first-order valence-electron chi connectivity index (χ1n) is 13.8. The average molecular weight is 585 g/mol. The molecule has 1 fully saturated rings. The maximum atomic E-state index is 16.1. The molecule has 0 spiro atoms. The number of anilines is 2. The van der Waals surface area contributed by atoms with E-state index in [0.717, 1.165) is 17.8 Å². The van der Waals surface area contributed by atoms with Crippen molar-refractivity contribution in [1.29, 1.82) is 0 Å². The number of ether oxygens (including phenoxy) is 2. The number of alkyl halides is 1. The molecule has 3 aromatic rings. The second kappa shape index (κ2) is 11.6. The van der Waals surface area contributed by atoms with Crippen LogP contribution in [-0.2, 0) is 23.4 Å². The molecule has 0 saturated carbocycles. The van der Waals surface area contributed by atoms with E-state index in [4.69, 9.17) is 28.4 Å². The second-order valence-corrected chi connectivity index (χ2v) is 11.2. The summed E-state index contributed by atoms with van der Waals surface area (Å²) in [5.41, 5.74) is 3.18. The van der Waals surface area contributed by atoms with Gasteiger partial charge in [0.05, 0.1) is 19.0 Å². The smallest absolute Gasteiger partial charge is 0.459 e. The highest BCUT2D eigenvalue weighted by Gasteiger charge is 2.56. The Balaban J connectivity index is 1.58. The molecule has 0 aliphatic carbocycles. The van der Waals surface area contributed by atoms with E-state index in [1.54, 1.807) is 32.0 Å². The standard InChI is InChI=1S/C24H33FN7O7P/c1-13(2)37-21(34)14(3)31-40(35,39-15-9-7-6-8-10-15)36-11-16-18(33)24(4,25)22(38-16)32-12-28-17-19(27-5)29-23(26)30-20(17)32/h6-10,12-14,16,18,22,33H,11H2,1-5H3,(H,31,35)(H3,26,27,29,30)/t14-,16+,18+,22+,24+,40?/m0/s1/i5D3. The van der Waals surface area contributed by atoms with Gasteiger partial charge in [-0.1, -0.05) is 18.2 Å². The minimum atomic E-state index is -4.35. The van der Waals surface area contributed by atoms with Gasteiger partial charge in [0.25, 0.3) is 0 Å². The Hall–Kier alpha value is -3.36. The van der Waals surface area contributed by atoms with Gasteiger partial charge >= 0.3 is 13.7 Å². The number of benzene rings is 1. The molecule has 0 bridgehead atoms. The number of rotatable bonds is 11. The van der Waals surface area contributed by atoms with Crippen LogP contribution < -0.4 is 20.7 Å². The fourth-order valence-corrected chi connectivity index (χ4v) is 5.55. The van der Waals surface area contributed by atoms with Crippen LogP contribution in [0.4, 0.5) is 16.2 Å². The van der Waals surface area contributed by atoms with Gasteiger partial charge in [0, 0.05) is 11.1 Å². The lowest BCUT2D eigenvalue weighted by Crippen LogP contribution is -2.41. The Labute approximate surface area is 234 Å². The van der Waals surface area contributed by atoms with E-state index in [-0.39, 0.29) is 28.7 Å². The number of para-hydroxylation sites is 1. The van der Waals surface area contributed by atoms with Crippen molar-refractivity contribution in [3.63, 3.8) is 0 Å². The molecule has 3 heterocycles. The van der Waals surface area contributed by atoms with Crippen molar-refractivity contribution in [2.75, 3.05) is 24.6 Å². The van der Waals surface area contributed by atoms with Crippen LogP contribution in [0.25, 0.3) is 11.2 Å².